The average molecular weight is 355 g/mol. The van der Waals surface area contributed by atoms with Crippen LogP contribution in [-0.2, 0) is 11.2 Å². The summed E-state index contributed by atoms with van der Waals surface area (Å²) in [7, 11) is 3.66. The molecule has 6 nitrogen and oxygen atoms in total. The maximum Gasteiger partial charge on any atom is 0.231 e. The Labute approximate surface area is 151 Å². The Morgan fingerprint density at radius 3 is 3.08 bits per heavy atom. The Morgan fingerprint density at radius 1 is 1.42 bits per heavy atom. The van der Waals surface area contributed by atoms with E-state index in [9.17, 15) is 4.79 Å². The predicted octanol–water partition coefficient (Wildman–Crippen LogP) is 3.22. The molecular formula is C20H21NO5. The Bertz CT molecular complexity index is 840. The number of carbonyl (C=O) groups is 1. The third-order valence-electron chi connectivity index (χ3n) is 4.92. The number of benzene rings is 1. The summed E-state index contributed by atoms with van der Waals surface area (Å²) in [6.07, 6.45) is 6.09. The molecule has 0 bridgehead atoms. The molecule has 0 fully saturated rings. The number of likely N-dealkylation sites (N-methyl/N-ethyl adjacent to an activating group) is 1. The maximum absolute atomic E-state index is 12.5. The van der Waals surface area contributed by atoms with Crippen molar-refractivity contribution in [2.45, 2.75) is 18.9 Å². The van der Waals surface area contributed by atoms with Gasteiger partial charge in [-0.2, -0.15) is 0 Å². The molecule has 2 aliphatic heterocycles. The lowest BCUT2D eigenvalue weighted by Crippen LogP contribution is -2.33. The standard InChI is InChI=1S/C20H21NO5/c1-21-8-7-13-10-17-19(26-12-25-17)20(23-2)18(13)16(21)11-14(22)5-6-15-4-3-9-24-15/h3-6,9-10,16H,7-8,11-12H2,1-2H3/b6-5+/t16-/m1/s1. The van der Waals surface area contributed by atoms with E-state index in [1.165, 1.54) is 0 Å². The van der Waals surface area contributed by atoms with Gasteiger partial charge in [-0.3, -0.25) is 9.69 Å². The molecule has 1 atom stereocenters. The van der Waals surface area contributed by atoms with Crippen molar-refractivity contribution < 1.29 is 23.4 Å². The first kappa shape index (κ1) is 16.7. The minimum absolute atomic E-state index is 0.0332. The van der Waals surface area contributed by atoms with Gasteiger partial charge in [0, 0.05) is 24.6 Å². The van der Waals surface area contributed by atoms with Crippen LogP contribution in [0.5, 0.6) is 17.2 Å². The molecule has 0 spiro atoms. The third-order valence-corrected chi connectivity index (χ3v) is 4.92. The molecule has 6 heteroatoms. The van der Waals surface area contributed by atoms with Gasteiger partial charge in [-0.1, -0.05) is 0 Å². The minimum Gasteiger partial charge on any atom is -0.492 e. The van der Waals surface area contributed by atoms with E-state index >= 15 is 0 Å². The van der Waals surface area contributed by atoms with Gasteiger partial charge in [-0.15, -0.1) is 0 Å². The number of furan rings is 1. The number of carbonyl (C=O) groups excluding carboxylic acids is 1. The van der Waals surface area contributed by atoms with Crippen molar-refractivity contribution in [3.05, 3.63) is 47.4 Å². The number of ketones is 1. The quantitative estimate of drug-likeness (QED) is 0.768. The van der Waals surface area contributed by atoms with Gasteiger partial charge in [0.2, 0.25) is 12.5 Å². The number of fused-ring (bicyclic) bond motifs is 2. The van der Waals surface area contributed by atoms with Crippen molar-refractivity contribution >= 4 is 11.9 Å². The van der Waals surface area contributed by atoms with Crippen LogP contribution in [-0.4, -0.2) is 38.2 Å². The van der Waals surface area contributed by atoms with Gasteiger partial charge in [0.25, 0.3) is 0 Å². The molecule has 26 heavy (non-hydrogen) atoms. The maximum atomic E-state index is 12.5. The molecule has 0 aliphatic carbocycles. The van der Waals surface area contributed by atoms with E-state index in [2.05, 4.69) is 4.90 Å². The molecule has 0 amide bonds. The van der Waals surface area contributed by atoms with Crippen LogP contribution in [0, 0.1) is 0 Å². The Balaban J connectivity index is 1.64. The summed E-state index contributed by atoms with van der Waals surface area (Å²) in [4.78, 5) is 14.7. The van der Waals surface area contributed by atoms with Gasteiger partial charge >= 0.3 is 0 Å². The van der Waals surface area contributed by atoms with E-state index in [1.54, 1.807) is 31.6 Å². The monoisotopic (exact) mass is 355 g/mol. The third kappa shape index (κ3) is 2.97. The smallest absolute Gasteiger partial charge is 0.231 e. The molecular weight excluding hydrogens is 334 g/mol. The van der Waals surface area contributed by atoms with Gasteiger partial charge in [-0.25, -0.2) is 0 Å². The Kier molecular flexibility index (Phi) is 4.42. The zero-order valence-corrected chi connectivity index (χ0v) is 14.9. The molecule has 0 radical (unpaired) electrons. The summed E-state index contributed by atoms with van der Waals surface area (Å²) in [5.41, 5.74) is 2.17. The van der Waals surface area contributed by atoms with Gasteiger partial charge in [0.15, 0.2) is 17.3 Å². The molecule has 1 aromatic heterocycles. The summed E-state index contributed by atoms with van der Waals surface area (Å²) in [6.45, 7) is 1.07. The van der Waals surface area contributed by atoms with Crippen molar-refractivity contribution in [2.75, 3.05) is 27.5 Å². The second kappa shape index (κ2) is 6.88. The highest BCUT2D eigenvalue weighted by atomic mass is 16.7. The molecule has 0 saturated carbocycles. The van der Waals surface area contributed by atoms with Crippen LogP contribution in [0.4, 0.5) is 0 Å². The summed E-state index contributed by atoms with van der Waals surface area (Å²) < 4.78 is 22.0. The zero-order chi connectivity index (χ0) is 18.1. The van der Waals surface area contributed by atoms with Crippen LogP contribution < -0.4 is 14.2 Å². The lowest BCUT2D eigenvalue weighted by atomic mass is 9.88. The van der Waals surface area contributed by atoms with Crippen molar-refractivity contribution in [1.29, 1.82) is 0 Å². The zero-order valence-electron chi connectivity index (χ0n) is 14.9. The number of nitrogens with zero attached hydrogens (tertiary/aromatic N) is 1. The molecule has 0 saturated heterocycles. The van der Waals surface area contributed by atoms with E-state index in [0.717, 1.165) is 24.1 Å². The van der Waals surface area contributed by atoms with Gasteiger partial charge in [0.05, 0.1) is 13.4 Å². The summed E-state index contributed by atoms with van der Waals surface area (Å²) >= 11 is 0. The van der Waals surface area contributed by atoms with Crippen molar-refractivity contribution in [2.24, 2.45) is 0 Å². The van der Waals surface area contributed by atoms with E-state index in [1.807, 2.05) is 19.2 Å². The van der Waals surface area contributed by atoms with Crippen molar-refractivity contribution in [1.82, 2.24) is 4.90 Å². The largest absolute Gasteiger partial charge is 0.492 e. The van der Waals surface area contributed by atoms with Gasteiger partial charge in [0.1, 0.15) is 5.76 Å². The molecule has 0 unspecified atom stereocenters. The molecule has 2 aromatic rings. The first-order valence-electron chi connectivity index (χ1n) is 8.61. The van der Waals surface area contributed by atoms with Crippen molar-refractivity contribution in [3.63, 3.8) is 0 Å². The number of ether oxygens (including phenoxy) is 3. The Morgan fingerprint density at radius 2 is 2.31 bits per heavy atom. The van der Waals surface area contributed by atoms with Crippen LogP contribution in [0.15, 0.2) is 35.0 Å². The van der Waals surface area contributed by atoms with Gasteiger partial charge < -0.3 is 18.6 Å². The fraction of sp³-hybridized carbons (Fsp3) is 0.350. The van der Waals surface area contributed by atoms with Crippen LogP contribution in [0.2, 0.25) is 0 Å². The second-order valence-electron chi connectivity index (χ2n) is 6.48. The van der Waals surface area contributed by atoms with Crippen LogP contribution in [0.3, 0.4) is 0 Å². The molecule has 0 N–H and O–H groups in total. The van der Waals surface area contributed by atoms with Crippen LogP contribution in [0.1, 0.15) is 29.3 Å². The lowest BCUT2D eigenvalue weighted by Gasteiger charge is -2.35. The minimum atomic E-state index is -0.0723. The fourth-order valence-electron chi connectivity index (χ4n) is 3.60. The highest BCUT2D eigenvalue weighted by molar-refractivity contribution is 5.93. The molecule has 3 heterocycles. The first-order valence-corrected chi connectivity index (χ1v) is 8.61. The lowest BCUT2D eigenvalue weighted by molar-refractivity contribution is -0.115. The first-order chi connectivity index (χ1) is 12.7. The normalized spacial score (nSPS) is 18.9. The van der Waals surface area contributed by atoms with E-state index < -0.39 is 0 Å². The SMILES string of the molecule is COc1c2c(cc3c1[C@@H](CC(=O)/C=C/c1ccco1)N(C)CC3)OCO2. The molecule has 1 aromatic carbocycles. The highest BCUT2D eigenvalue weighted by Crippen LogP contribution is 2.50. The second-order valence-corrected chi connectivity index (χ2v) is 6.48. The van der Waals surface area contributed by atoms with E-state index in [0.29, 0.717) is 29.4 Å². The summed E-state index contributed by atoms with van der Waals surface area (Å²) in [5.74, 6) is 2.72. The van der Waals surface area contributed by atoms with E-state index in [-0.39, 0.29) is 18.6 Å². The van der Waals surface area contributed by atoms with Crippen LogP contribution >= 0.6 is 0 Å². The van der Waals surface area contributed by atoms with Gasteiger partial charge in [-0.05, 0) is 49.4 Å². The highest BCUT2D eigenvalue weighted by Gasteiger charge is 2.34. The Hall–Kier alpha value is -2.73. The number of hydrogen-bond acceptors (Lipinski definition) is 6. The molecule has 4 rings (SSSR count). The fourth-order valence-corrected chi connectivity index (χ4v) is 3.60. The number of allylic oxidation sites excluding steroid dienone is 1. The topological polar surface area (TPSA) is 61.1 Å². The van der Waals surface area contributed by atoms with Crippen LogP contribution in [0.25, 0.3) is 6.08 Å². The molecule has 136 valence electrons. The van der Waals surface area contributed by atoms with E-state index in [4.69, 9.17) is 18.6 Å². The number of methoxy groups -OCH3 is 1. The summed E-state index contributed by atoms with van der Waals surface area (Å²) in [5, 5.41) is 0. The number of rotatable bonds is 5. The van der Waals surface area contributed by atoms with Crippen molar-refractivity contribution in [3.8, 4) is 17.2 Å². The average Bonchev–Trinajstić information content (AvgIpc) is 3.32. The summed E-state index contributed by atoms with van der Waals surface area (Å²) in [6, 6.07) is 5.55. The predicted molar refractivity (Wildman–Crippen MR) is 95.6 cm³/mol. The molecule has 2 aliphatic rings. The number of hydrogen-bond donors (Lipinski definition) is 0.